The van der Waals surface area contributed by atoms with Crippen LogP contribution in [0, 0.1) is 17.4 Å². The van der Waals surface area contributed by atoms with Crippen LogP contribution in [0.5, 0.6) is 0 Å². The molecular formula is C17H21N7. The number of aromatic nitrogens is 2. The Labute approximate surface area is 141 Å². The Morgan fingerprint density at radius 2 is 2.08 bits per heavy atom. The van der Waals surface area contributed by atoms with E-state index < -0.39 is 0 Å². The molecule has 0 amide bonds. The molecule has 7 nitrogen and oxygen atoms in total. The standard InChI is InChI=1S/C17H21N7/c1-12(2)15-10-23(7-8-24(15)17(19)21-11-18)16-9-20-13-5-3-4-6-14(13)22-16/h3-6,9,12,15H,7-8,10H2,1-2H3,(H2,19,21). The van der Waals surface area contributed by atoms with Gasteiger partial charge in [-0.05, 0) is 18.1 Å². The van der Waals surface area contributed by atoms with Crippen LogP contribution in [0.15, 0.2) is 35.5 Å². The Morgan fingerprint density at radius 3 is 2.79 bits per heavy atom. The largest absolute Gasteiger partial charge is 0.369 e. The maximum Gasteiger partial charge on any atom is 0.209 e. The van der Waals surface area contributed by atoms with Gasteiger partial charge in [0.05, 0.1) is 23.3 Å². The zero-order chi connectivity index (χ0) is 17.1. The first kappa shape index (κ1) is 16.0. The normalized spacial score (nSPS) is 18.9. The molecule has 1 fully saturated rings. The third kappa shape index (κ3) is 3.08. The highest BCUT2D eigenvalue weighted by Crippen LogP contribution is 2.22. The van der Waals surface area contributed by atoms with Crippen molar-refractivity contribution in [3.05, 3.63) is 30.5 Å². The van der Waals surface area contributed by atoms with Crippen LogP contribution in [0.3, 0.4) is 0 Å². The number of anilines is 1. The lowest BCUT2D eigenvalue weighted by atomic mass is 10.00. The molecule has 2 heterocycles. The van der Waals surface area contributed by atoms with Gasteiger partial charge >= 0.3 is 0 Å². The van der Waals surface area contributed by atoms with Gasteiger partial charge in [-0.25, -0.2) is 4.98 Å². The number of hydrogen-bond donors (Lipinski definition) is 1. The third-order valence-electron chi connectivity index (χ3n) is 4.41. The maximum absolute atomic E-state index is 8.75. The van der Waals surface area contributed by atoms with E-state index in [1.54, 1.807) is 6.19 Å². The van der Waals surface area contributed by atoms with Crippen LogP contribution in [0.25, 0.3) is 11.0 Å². The summed E-state index contributed by atoms with van der Waals surface area (Å²) in [6, 6.07) is 8.03. The van der Waals surface area contributed by atoms with Crippen molar-refractivity contribution in [2.24, 2.45) is 16.6 Å². The lowest BCUT2D eigenvalue weighted by molar-refractivity contribution is 0.222. The summed E-state index contributed by atoms with van der Waals surface area (Å²) in [5.41, 5.74) is 7.74. The molecule has 3 rings (SSSR count). The molecular weight excluding hydrogens is 302 g/mol. The summed E-state index contributed by atoms with van der Waals surface area (Å²) in [5.74, 6) is 1.53. The fourth-order valence-electron chi connectivity index (χ4n) is 3.09. The summed E-state index contributed by atoms with van der Waals surface area (Å²) in [5, 5.41) is 8.75. The van der Waals surface area contributed by atoms with Gasteiger partial charge in [0.15, 0.2) is 0 Å². The van der Waals surface area contributed by atoms with E-state index in [2.05, 4.69) is 28.7 Å². The third-order valence-corrected chi connectivity index (χ3v) is 4.41. The van der Waals surface area contributed by atoms with Gasteiger partial charge in [0.1, 0.15) is 5.82 Å². The highest BCUT2D eigenvalue weighted by molar-refractivity contribution is 5.80. The Hall–Kier alpha value is -2.88. The maximum atomic E-state index is 8.75. The number of para-hydroxylation sites is 2. The summed E-state index contributed by atoms with van der Waals surface area (Å²) in [7, 11) is 0. The van der Waals surface area contributed by atoms with E-state index in [4.69, 9.17) is 16.0 Å². The molecule has 1 saturated heterocycles. The van der Waals surface area contributed by atoms with E-state index in [9.17, 15) is 0 Å². The van der Waals surface area contributed by atoms with Crippen molar-refractivity contribution < 1.29 is 0 Å². The van der Waals surface area contributed by atoms with E-state index in [1.807, 2.05) is 35.4 Å². The Bertz CT molecular complexity index is 793. The van der Waals surface area contributed by atoms with Crippen LogP contribution in [-0.4, -0.2) is 46.5 Å². The number of hydrogen-bond acceptors (Lipinski definition) is 5. The Morgan fingerprint density at radius 1 is 1.33 bits per heavy atom. The van der Waals surface area contributed by atoms with Gasteiger partial charge in [0.25, 0.3) is 0 Å². The summed E-state index contributed by atoms with van der Waals surface area (Å²) < 4.78 is 0. The van der Waals surface area contributed by atoms with Crippen LogP contribution < -0.4 is 10.6 Å². The summed E-state index contributed by atoms with van der Waals surface area (Å²) in [6.07, 6.45) is 3.59. The topological polar surface area (TPSA) is 94.4 Å². The second-order valence-corrected chi connectivity index (χ2v) is 6.24. The first-order chi connectivity index (χ1) is 11.6. The molecule has 0 spiro atoms. The molecule has 2 N–H and O–H groups in total. The predicted molar refractivity (Wildman–Crippen MR) is 94.3 cm³/mol. The summed E-state index contributed by atoms with van der Waals surface area (Å²) in [6.45, 7) is 6.53. The van der Waals surface area contributed by atoms with Gasteiger partial charge in [-0.1, -0.05) is 26.0 Å². The molecule has 1 aliphatic heterocycles. The molecule has 1 unspecified atom stereocenters. The Kier molecular flexibility index (Phi) is 4.47. The van der Waals surface area contributed by atoms with Crippen LogP contribution in [-0.2, 0) is 0 Å². The van der Waals surface area contributed by atoms with Crippen LogP contribution in [0.4, 0.5) is 5.82 Å². The molecule has 1 aromatic heterocycles. The minimum atomic E-state index is 0.170. The second-order valence-electron chi connectivity index (χ2n) is 6.24. The van der Waals surface area contributed by atoms with Gasteiger partial charge in [-0.3, -0.25) is 4.98 Å². The molecule has 0 aliphatic carbocycles. The first-order valence-corrected chi connectivity index (χ1v) is 8.05. The molecule has 1 aliphatic rings. The molecule has 0 saturated carbocycles. The average molecular weight is 323 g/mol. The number of nitriles is 1. The van der Waals surface area contributed by atoms with Gasteiger partial charge in [0, 0.05) is 19.6 Å². The number of piperazine rings is 1. The first-order valence-electron chi connectivity index (χ1n) is 8.05. The van der Waals surface area contributed by atoms with Crippen molar-refractivity contribution in [1.29, 1.82) is 5.26 Å². The summed E-state index contributed by atoms with van der Waals surface area (Å²) >= 11 is 0. The van der Waals surface area contributed by atoms with E-state index in [1.165, 1.54) is 0 Å². The van der Waals surface area contributed by atoms with E-state index in [-0.39, 0.29) is 6.04 Å². The van der Waals surface area contributed by atoms with Gasteiger partial charge in [-0.2, -0.15) is 5.26 Å². The lowest BCUT2D eigenvalue weighted by Crippen LogP contribution is -2.59. The fraction of sp³-hybridized carbons (Fsp3) is 0.412. The second kappa shape index (κ2) is 6.71. The number of fused-ring (bicyclic) bond motifs is 1. The number of guanidine groups is 1. The fourth-order valence-corrected chi connectivity index (χ4v) is 3.09. The van der Waals surface area contributed by atoms with E-state index in [0.29, 0.717) is 18.4 Å². The van der Waals surface area contributed by atoms with Crippen molar-refractivity contribution in [2.45, 2.75) is 19.9 Å². The molecule has 1 aromatic carbocycles. The molecule has 0 bridgehead atoms. The number of rotatable bonds is 2. The van der Waals surface area contributed by atoms with Crippen LogP contribution in [0.2, 0.25) is 0 Å². The smallest absolute Gasteiger partial charge is 0.209 e. The van der Waals surface area contributed by atoms with Gasteiger partial charge < -0.3 is 15.5 Å². The minimum Gasteiger partial charge on any atom is -0.369 e. The molecule has 1 atom stereocenters. The van der Waals surface area contributed by atoms with E-state index >= 15 is 0 Å². The van der Waals surface area contributed by atoms with Crippen molar-refractivity contribution in [3.63, 3.8) is 0 Å². The van der Waals surface area contributed by atoms with Gasteiger partial charge in [-0.15, -0.1) is 4.99 Å². The zero-order valence-corrected chi connectivity index (χ0v) is 13.9. The van der Waals surface area contributed by atoms with Crippen molar-refractivity contribution in [1.82, 2.24) is 14.9 Å². The monoisotopic (exact) mass is 323 g/mol. The molecule has 24 heavy (non-hydrogen) atoms. The predicted octanol–water partition coefficient (Wildman–Crippen LogP) is 1.57. The van der Waals surface area contributed by atoms with Crippen LogP contribution in [0.1, 0.15) is 13.8 Å². The molecule has 7 heteroatoms. The molecule has 2 aromatic rings. The quantitative estimate of drug-likeness (QED) is 0.512. The highest BCUT2D eigenvalue weighted by atomic mass is 15.4. The van der Waals surface area contributed by atoms with E-state index in [0.717, 1.165) is 29.9 Å². The SMILES string of the molecule is CC(C)C1CN(c2cnc3ccccc3n2)CCN1C(N)=NC#N. The molecule has 124 valence electrons. The van der Waals surface area contributed by atoms with Gasteiger partial charge in [0.2, 0.25) is 12.2 Å². The van der Waals surface area contributed by atoms with Crippen molar-refractivity contribution in [2.75, 3.05) is 24.5 Å². The molecule has 0 radical (unpaired) electrons. The number of benzene rings is 1. The summed E-state index contributed by atoms with van der Waals surface area (Å²) in [4.78, 5) is 17.2. The highest BCUT2D eigenvalue weighted by Gasteiger charge is 2.31. The zero-order valence-electron chi connectivity index (χ0n) is 13.9. The average Bonchev–Trinajstić information content (AvgIpc) is 2.61. The Balaban J connectivity index is 1.85. The van der Waals surface area contributed by atoms with Crippen LogP contribution >= 0.6 is 0 Å². The lowest BCUT2D eigenvalue weighted by Gasteiger charge is -2.44. The number of nitrogens with zero attached hydrogens (tertiary/aromatic N) is 6. The minimum absolute atomic E-state index is 0.170. The number of aliphatic imine (C=N–C) groups is 1. The van der Waals surface area contributed by atoms with Crippen molar-refractivity contribution in [3.8, 4) is 6.19 Å². The number of nitrogens with two attached hydrogens (primary N) is 1. The van der Waals surface area contributed by atoms with Crippen molar-refractivity contribution >= 4 is 22.8 Å².